The molecule has 0 spiro atoms. The van der Waals surface area contributed by atoms with Crippen LogP contribution in [0.3, 0.4) is 0 Å². The molecule has 4 nitrogen and oxygen atoms in total. The average molecular weight is 330 g/mol. The predicted octanol–water partition coefficient (Wildman–Crippen LogP) is 3.69. The first-order valence-electron chi connectivity index (χ1n) is 8.48. The number of hydrogen-bond acceptors (Lipinski definition) is 3. The van der Waals surface area contributed by atoms with E-state index in [2.05, 4.69) is 11.9 Å². The molecule has 1 fully saturated rings. The minimum Gasteiger partial charge on any atom is -0.445 e. The number of halogens is 1. The Morgan fingerprint density at radius 3 is 2.96 bits per heavy atom. The van der Waals surface area contributed by atoms with E-state index in [0.29, 0.717) is 36.6 Å². The van der Waals surface area contributed by atoms with Crippen molar-refractivity contribution in [2.75, 3.05) is 13.1 Å². The summed E-state index contributed by atoms with van der Waals surface area (Å²) in [6.45, 7) is 5.39. The SMILES string of the molecule is CCC(=O)N1CCC[C@](C)(c2ncc(Cc3ccccc3F)o2)C1. The fraction of sp³-hybridized carbons (Fsp3) is 0.474. The van der Waals surface area contributed by atoms with Gasteiger partial charge in [-0.2, -0.15) is 0 Å². The first kappa shape index (κ1) is 16.7. The van der Waals surface area contributed by atoms with Crippen LogP contribution in [0.25, 0.3) is 0 Å². The van der Waals surface area contributed by atoms with Gasteiger partial charge in [0.2, 0.25) is 11.8 Å². The topological polar surface area (TPSA) is 46.3 Å². The Kier molecular flexibility index (Phi) is 4.69. The highest BCUT2D eigenvalue weighted by Gasteiger charge is 2.38. The Bertz CT molecular complexity index is 728. The number of benzene rings is 1. The van der Waals surface area contributed by atoms with Crippen LogP contribution in [0.5, 0.6) is 0 Å². The van der Waals surface area contributed by atoms with Gasteiger partial charge in [0.15, 0.2) is 0 Å². The number of aromatic nitrogens is 1. The smallest absolute Gasteiger partial charge is 0.222 e. The van der Waals surface area contributed by atoms with Gasteiger partial charge in [0.05, 0.1) is 11.6 Å². The monoisotopic (exact) mass is 330 g/mol. The Balaban J connectivity index is 1.77. The summed E-state index contributed by atoms with van der Waals surface area (Å²) in [6.07, 6.45) is 4.44. The molecular formula is C19H23FN2O2. The molecule has 1 aliphatic rings. The van der Waals surface area contributed by atoms with Gasteiger partial charge in [0.25, 0.3) is 0 Å². The molecule has 1 aromatic carbocycles. The molecule has 0 saturated carbocycles. The maximum atomic E-state index is 13.8. The van der Waals surface area contributed by atoms with E-state index in [1.54, 1.807) is 18.3 Å². The lowest BCUT2D eigenvalue weighted by molar-refractivity contribution is -0.133. The first-order chi connectivity index (χ1) is 11.5. The second-order valence-corrected chi connectivity index (χ2v) is 6.73. The minimum atomic E-state index is -0.281. The van der Waals surface area contributed by atoms with E-state index in [0.717, 1.165) is 19.4 Å². The van der Waals surface area contributed by atoms with Crippen molar-refractivity contribution in [2.24, 2.45) is 0 Å². The molecule has 1 atom stereocenters. The third-order valence-corrected chi connectivity index (χ3v) is 4.74. The number of hydrogen-bond donors (Lipinski definition) is 0. The predicted molar refractivity (Wildman–Crippen MR) is 89.2 cm³/mol. The molecule has 1 aliphatic heterocycles. The van der Waals surface area contributed by atoms with E-state index < -0.39 is 0 Å². The van der Waals surface area contributed by atoms with E-state index in [1.807, 2.05) is 17.9 Å². The van der Waals surface area contributed by atoms with Crippen molar-refractivity contribution in [3.63, 3.8) is 0 Å². The van der Waals surface area contributed by atoms with Crippen LogP contribution in [0, 0.1) is 5.82 Å². The van der Waals surface area contributed by atoms with Crippen LogP contribution in [0.15, 0.2) is 34.9 Å². The lowest BCUT2D eigenvalue weighted by atomic mass is 9.81. The third kappa shape index (κ3) is 3.35. The molecule has 0 aliphatic carbocycles. The summed E-state index contributed by atoms with van der Waals surface area (Å²) >= 11 is 0. The molecule has 3 rings (SSSR count). The number of rotatable bonds is 4. The number of oxazole rings is 1. The number of piperidine rings is 1. The van der Waals surface area contributed by atoms with Crippen LogP contribution >= 0.6 is 0 Å². The number of likely N-dealkylation sites (tertiary alicyclic amines) is 1. The third-order valence-electron chi connectivity index (χ3n) is 4.74. The number of nitrogens with zero attached hydrogens (tertiary/aromatic N) is 2. The van der Waals surface area contributed by atoms with Crippen LogP contribution in [-0.2, 0) is 16.6 Å². The normalized spacial score (nSPS) is 21.0. The Morgan fingerprint density at radius 1 is 1.42 bits per heavy atom. The van der Waals surface area contributed by atoms with Crippen molar-refractivity contribution in [3.8, 4) is 0 Å². The molecule has 1 aromatic heterocycles. The zero-order chi connectivity index (χ0) is 17.2. The molecule has 0 radical (unpaired) electrons. The van der Waals surface area contributed by atoms with Gasteiger partial charge in [-0.15, -0.1) is 0 Å². The second-order valence-electron chi connectivity index (χ2n) is 6.73. The van der Waals surface area contributed by atoms with Crippen molar-refractivity contribution >= 4 is 5.91 Å². The van der Waals surface area contributed by atoms with Gasteiger partial charge >= 0.3 is 0 Å². The lowest BCUT2D eigenvalue weighted by Crippen LogP contribution is -2.47. The summed E-state index contributed by atoms with van der Waals surface area (Å²) in [4.78, 5) is 18.3. The van der Waals surface area contributed by atoms with Gasteiger partial charge in [-0.05, 0) is 31.4 Å². The largest absolute Gasteiger partial charge is 0.445 e. The van der Waals surface area contributed by atoms with Gasteiger partial charge < -0.3 is 9.32 Å². The van der Waals surface area contributed by atoms with Gasteiger partial charge in [0, 0.05) is 25.9 Å². The Hall–Kier alpha value is -2.17. The molecule has 0 N–H and O–H groups in total. The average Bonchev–Trinajstić information content (AvgIpc) is 3.06. The summed E-state index contributed by atoms with van der Waals surface area (Å²) in [5, 5.41) is 0. The van der Waals surface area contributed by atoms with Crippen molar-refractivity contribution < 1.29 is 13.6 Å². The molecule has 2 aromatic rings. The van der Waals surface area contributed by atoms with Gasteiger partial charge in [0.1, 0.15) is 11.6 Å². The summed E-state index contributed by atoms with van der Waals surface area (Å²) in [7, 11) is 0. The van der Waals surface area contributed by atoms with E-state index in [9.17, 15) is 9.18 Å². The summed E-state index contributed by atoms with van der Waals surface area (Å²) in [5.74, 6) is 1.22. The van der Waals surface area contributed by atoms with Gasteiger partial charge in [-0.25, -0.2) is 9.37 Å². The summed E-state index contributed by atoms with van der Waals surface area (Å²) in [5.41, 5.74) is 0.313. The molecule has 0 unspecified atom stereocenters. The first-order valence-corrected chi connectivity index (χ1v) is 8.48. The quantitative estimate of drug-likeness (QED) is 0.859. The molecule has 24 heavy (non-hydrogen) atoms. The molecule has 128 valence electrons. The fourth-order valence-corrected chi connectivity index (χ4v) is 3.35. The highest BCUT2D eigenvalue weighted by Crippen LogP contribution is 2.34. The van der Waals surface area contributed by atoms with Crippen LogP contribution in [-0.4, -0.2) is 28.9 Å². The molecule has 0 bridgehead atoms. The van der Waals surface area contributed by atoms with Crippen LogP contribution < -0.4 is 0 Å². The molecule has 2 heterocycles. The zero-order valence-electron chi connectivity index (χ0n) is 14.2. The maximum Gasteiger partial charge on any atom is 0.222 e. The maximum absolute atomic E-state index is 13.8. The highest BCUT2D eigenvalue weighted by molar-refractivity contribution is 5.76. The van der Waals surface area contributed by atoms with E-state index in [4.69, 9.17) is 4.42 Å². The lowest BCUT2D eigenvalue weighted by Gasteiger charge is -2.38. The minimum absolute atomic E-state index is 0.166. The molecule has 1 amide bonds. The van der Waals surface area contributed by atoms with Gasteiger partial charge in [-0.1, -0.05) is 25.1 Å². The standard InChI is InChI=1S/C19H23FN2O2/c1-3-17(23)22-10-6-9-19(2,13-22)18-21-12-15(24-18)11-14-7-4-5-8-16(14)20/h4-5,7-8,12H,3,6,9-11,13H2,1-2H3/t19-/m0/s1. The van der Waals surface area contributed by atoms with Crippen molar-refractivity contribution in [2.45, 2.75) is 44.9 Å². The Labute approximate surface area is 141 Å². The number of carbonyl (C=O) groups excluding carboxylic acids is 1. The van der Waals surface area contributed by atoms with Crippen LogP contribution in [0.4, 0.5) is 4.39 Å². The van der Waals surface area contributed by atoms with Gasteiger partial charge in [-0.3, -0.25) is 4.79 Å². The summed E-state index contributed by atoms with van der Waals surface area (Å²) < 4.78 is 19.7. The zero-order valence-corrected chi connectivity index (χ0v) is 14.2. The van der Waals surface area contributed by atoms with Crippen molar-refractivity contribution in [1.29, 1.82) is 0 Å². The van der Waals surface area contributed by atoms with E-state index in [1.165, 1.54) is 6.07 Å². The van der Waals surface area contributed by atoms with E-state index in [-0.39, 0.29) is 17.1 Å². The molecule has 5 heteroatoms. The van der Waals surface area contributed by atoms with Crippen molar-refractivity contribution in [1.82, 2.24) is 9.88 Å². The van der Waals surface area contributed by atoms with Crippen LogP contribution in [0.1, 0.15) is 50.3 Å². The summed E-state index contributed by atoms with van der Waals surface area (Å²) in [6, 6.07) is 6.68. The second kappa shape index (κ2) is 6.75. The van der Waals surface area contributed by atoms with E-state index >= 15 is 0 Å². The number of carbonyl (C=O) groups is 1. The highest BCUT2D eigenvalue weighted by atomic mass is 19.1. The van der Waals surface area contributed by atoms with Crippen LogP contribution in [0.2, 0.25) is 0 Å². The number of amides is 1. The van der Waals surface area contributed by atoms with Crippen molar-refractivity contribution in [3.05, 3.63) is 53.5 Å². The fourth-order valence-electron chi connectivity index (χ4n) is 3.35. The molecular weight excluding hydrogens is 307 g/mol. The Morgan fingerprint density at radius 2 is 2.21 bits per heavy atom. The molecule has 1 saturated heterocycles.